The number of hydrogen-bond donors (Lipinski definition) is 0. The maximum absolute atomic E-state index is 2.28. The van der Waals surface area contributed by atoms with Gasteiger partial charge in [0.15, 0.2) is 0 Å². The zero-order valence-electron chi connectivity index (χ0n) is 7.42. The van der Waals surface area contributed by atoms with Crippen LogP contribution in [0.5, 0.6) is 0 Å². The molecule has 0 amide bonds. The largest absolute Gasteiger partial charge is 0.144 e. The van der Waals surface area contributed by atoms with Crippen LogP contribution in [0.3, 0.4) is 0 Å². The minimum atomic E-state index is 1.14. The zero-order valence-corrected chi connectivity index (χ0v) is 8.24. The van der Waals surface area contributed by atoms with Gasteiger partial charge in [0.1, 0.15) is 0 Å². The molecule has 2 rings (SSSR count). The lowest BCUT2D eigenvalue weighted by atomic mass is 10.1. The molecule has 0 saturated carbocycles. The van der Waals surface area contributed by atoms with Crippen molar-refractivity contribution in [1.82, 2.24) is 0 Å². The first-order valence-electron chi connectivity index (χ1n) is 4.28. The van der Waals surface area contributed by atoms with Crippen molar-refractivity contribution in [3.05, 3.63) is 34.7 Å². The molecule has 1 aromatic heterocycles. The third kappa shape index (κ3) is 1.14. The summed E-state index contributed by atoms with van der Waals surface area (Å²) in [5.41, 5.74) is 2.84. The van der Waals surface area contributed by atoms with Gasteiger partial charge in [0.2, 0.25) is 0 Å². The molecule has 0 radical (unpaired) electrons. The summed E-state index contributed by atoms with van der Waals surface area (Å²) in [5, 5.41) is 3.71. The average molecular weight is 176 g/mol. The Morgan fingerprint density at radius 1 is 1.33 bits per heavy atom. The summed E-state index contributed by atoms with van der Waals surface area (Å²) in [6.07, 6.45) is 1.14. The third-order valence-corrected chi connectivity index (χ3v) is 3.20. The van der Waals surface area contributed by atoms with E-state index in [1.165, 1.54) is 21.2 Å². The van der Waals surface area contributed by atoms with E-state index in [2.05, 4.69) is 37.4 Å². The summed E-state index contributed by atoms with van der Waals surface area (Å²) in [5.74, 6) is 0. The van der Waals surface area contributed by atoms with Crippen LogP contribution in [-0.4, -0.2) is 0 Å². The van der Waals surface area contributed by atoms with Crippen molar-refractivity contribution in [2.24, 2.45) is 0 Å². The van der Waals surface area contributed by atoms with Crippen LogP contribution in [0.2, 0.25) is 0 Å². The van der Waals surface area contributed by atoms with Crippen molar-refractivity contribution in [3.8, 4) is 0 Å². The Hall–Kier alpha value is -0.820. The molecule has 0 aliphatic carbocycles. The van der Waals surface area contributed by atoms with E-state index in [1.54, 1.807) is 0 Å². The standard InChI is InChI=1S/C11H12S/c1-3-9-7-12-11-5-4-8(2)6-10(9)11/h4-7H,3H2,1-2H3. The first-order chi connectivity index (χ1) is 5.81. The first-order valence-corrected chi connectivity index (χ1v) is 5.16. The van der Waals surface area contributed by atoms with Gasteiger partial charge in [0.05, 0.1) is 0 Å². The lowest BCUT2D eigenvalue weighted by Gasteiger charge is -1.95. The Morgan fingerprint density at radius 3 is 2.92 bits per heavy atom. The van der Waals surface area contributed by atoms with Crippen LogP contribution in [0, 0.1) is 6.92 Å². The summed E-state index contributed by atoms with van der Waals surface area (Å²) < 4.78 is 1.41. The summed E-state index contributed by atoms with van der Waals surface area (Å²) in [7, 11) is 0. The number of benzene rings is 1. The van der Waals surface area contributed by atoms with Gasteiger partial charge in [-0.1, -0.05) is 24.6 Å². The Labute approximate surface area is 76.8 Å². The van der Waals surface area contributed by atoms with Gasteiger partial charge in [-0.3, -0.25) is 0 Å². The Bertz CT molecular complexity index is 398. The minimum Gasteiger partial charge on any atom is -0.144 e. The summed E-state index contributed by atoms with van der Waals surface area (Å²) in [4.78, 5) is 0. The zero-order chi connectivity index (χ0) is 8.55. The van der Waals surface area contributed by atoms with E-state index in [0.717, 1.165) is 6.42 Å². The minimum absolute atomic E-state index is 1.14. The molecule has 1 aromatic carbocycles. The van der Waals surface area contributed by atoms with E-state index >= 15 is 0 Å². The molecule has 1 heterocycles. The second-order valence-corrected chi connectivity index (χ2v) is 4.03. The average Bonchev–Trinajstić information content (AvgIpc) is 2.46. The van der Waals surface area contributed by atoms with E-state index in [4.69, 9.17) is 0 Å². The van der Waals surface area contributed by atoms with Gasteiger partial charge >= 0.3 is 0 Å². The predicted molar refractivity (Wildman–Crippen MR) is 55.9 cm³/mol. The number of rotatable bonds is 1. The molecular weight excluding hydrogens is 164 g/mol. The molecule has 0 bridgehead atoms. The molecule has 0 N–H and O–H groups in total. The fourth-order valence-electron chi connectivity index (χ4n) is 1.47. The summed E-state index contributed by atoms with van der Waals surface area (Å²) in [6, 6.07) is 6.68. The molecule has 62 valence electrons. The van der Waals surface area contributed by atoms with Crippen LogP contribution in [0.4, 0.5) is 0 Å². The molecular formula is C11H12S. The Morgan fingerprint density at radius 2 is 2.17 bits per heavy atom. The van der Waals surface area contributed by atoms with E-state index in [1.807, 2.05) is 11.3 Å². The molecule has 0 atom stereocenters. The van der Waals surface area contributed by atoms with E-state index in [0.29, 0.717) is 0 Å². The van der Waals surface area contributed by atoms with Crippen LogP contribution in [0.1, 0.15) is 18.1 Å². The highest BCUT2D eigenvalue weighted by Crippen LogP contribution is 2.26. The van der Waals surface area contributed by atoms with Gasteiger partial charge in [-0.25, -0.2) is 0 Å². The van der Waals surface area contributed by atoms with Crippen LogP contribution in [-0.2, 0) is 6.42 Å². The second-order valence-electron chi connectivity index (χ2n) is 3.11. The third-order valence-electron chi connectivity index (χ3n) is 2.19. The number of hydrogen-bond acceptors (Lipinski definition) is 1. The number of fused-ring (bicyclic) bond motifs is 1. The quantitative estimate of drug-likeness (QED) is 0.620. The van der Waals surface area contributed by atoms with Crippen LogP contribution >= 0.6 is 11.3 Å². The molecule has 2 aromatic rings. The summed E-state index contributed by atoms with van der Waals surface area (Å²) in [6.45, 7) is 4.36. The van der Waals surface area contributed by atoms with E-state index in [9.17, 15) is 0 Å². The molecule has 0 aliphatic rings. The van der Waals surface area contributed by atoms with Crippen LogP contribution in [0.15, 0.2) is 23.6 Å². The normalized spacial score (nSPS) is 10.8. The van der Waals surface area contributed by atoms with Crippen molar-refractivity contribution in [3.63, 3.8) is 0 Å². The van der Waals surface area contributed by atoms with Crippen LogP contribution in [0.25, 0.3) is 10.1 Å². The highest BCUT2D eigenvalue weighted by Gasteiger charge is 2.00. The molecule has 0 saturated heterocycles. The molecule has 0 unspecified atom stereocenters. The van der Waals surface area contributed by atoms with E-state index < -0.39 is 0 Å². The van der Waals surface area contributed by atoms with Crippen molar-refractivity contribution in [1.29, 1.82) is 0 Å². The van der Waals surface area contributed by atoms with Crippen LogP contribution < -0.4 is 0 Å². The molecule has 0 spiro atoms. The van der Waals surface area contributed by atoms with Gasteiger partial charge in [-0.15, -0.1) is 11.3 Å². The van der Waals surface area contributed by atoms with Gasteiger partial charge < -0.3 is 0 Å². The van der Waals surface area contributed by atoms with Crippen molar-refractivity contribution < 1.29 is 0 Å². The van der Waals surface area contributed by atoms with Gasteiger partial charge in [0.25, 0.3) is 0 Å². The number of aryl methyl sites for hydroxylation is 2. The topological polar surface area (TPSA) is 0 Å². The Balaban J connectivity index is 2.75. The van der Waals surface area contributed by atoms with Crippen molar-refractivity contribution >= 4 is 21.4 Å². The SMILES string of the molecule is CCc1csc2ccc(C)cc12. The fraction of sp³-hybridized carbons (Fsp3) is 0.273. The highest BCUT2D eigenvalue weighted by atomic mass is 32.1. The first kappa shape index (κ1) is 7.81. The predicted octanol–water partition coefficient (Wildman–Crippen LogP) is 3.77. The maximum Gasteiger partial charge on any atom is 0.0345 e. The smallest absolute Gasteiger partial charge is 0.0345 e. The molecule has 0 fully saturated rings. The Kier molecular flexibility index (Phi) is 1.89. The molecule has 1 heteroatoms. The second kappa shape index (κ2) is 2.91. The lowest BCUT2D eigenvalue weighted by Crippen LogP contribution is -1.76. The van der Waals surface area contributed by atoms with Gasteiger partial charge in [0, 0.05) is 4.70 Å². The van der Waals surface area contributed by atoms with E-state index in [-0.39, 0.29) is 0 Å². The maximum atomic E-state index is 2.28. The highest BCUT2D eigenvalue weighted by molar-refractivity contribution is 7.17. The molecule has 0 aliphatic heterocycles. The fourth-order valence-corrected chi connectivity index (χ4v) is 2.50. The lowest BCUT2D eigenvalue weighted by molar-refractivity contribution is 1.17. The number of thiophene rings is 1. The molecule has 0 nitrogen and oxygen atoms in total. The monoisotopic (exact) mass is 176 g/mol. The van der Waals surface area contributed by atoms with Gasteiger partial charge in [-0.2, -0.15) is 0 Å². The van der Waals surface area contributed by atoms with Gasteiger partial charge in [-0.05, 0) is 35.7 Å². The van der Waals surface area contributed by atoms with Crippen molar-refractivity contribution in [2.75, 3.05) is 0 Å². The van der Waals surface area contributed by atoms with Crippen molar-refractivity contribution in [2.45, 2.75) is 20.3 Å². The molecule has 12 heavy (non-hydrogen) atoms. The summed E-state index contributed by atoms with van der Waals surface area (Å²) >= 11 is 1.85.